The van der Waals surface area contributed by atoms with Crippen molar-refractivity contribution in [2.24, 2.45) is 0 Å². The fourth-order valence-electron chi connectivity index (χ4n) is 3.45. The largest absolute Gasteiger partial charge is 0.493 e. The van der Waals surface area contributed by atoms with Crippen LogP contribution in [-0.4, -0.2) is 22.2 Å². The van der Waals surface area contributed by atoms with Gasteiger partial charge in [0.15, 0.2) is 0 Å². The molecule has 0 amide bonds. The lowest BCUT2D eigenvalue weighted by Crippen LogP contribution is -2.11. The number of rotatable bonds is 6. The van der Waals surface area contributed by atoms with Gasteiger partial charge in [0, 0.05) is 17.3 Å². The zero-order valence-electron chi connectivity index (χ0n) is 14.9. The van der Waals surface area contributed by atoms with Gasteiger partial charge in [0.25, 0.3) is 0 Å². The Balaban J connectivity index is 1.54. The third-order valence-electron chi connectivity index (χ3n) is 4.70. The maximum Gasteiger partial charge on any atom is 0.353 e. The van der Waals surface area contributed by atoms with E-state index in [0.29, 0.717) is 34.9 Å². The molecule has 1 N–H and O–H groups in total. The number of hydrogen-bond acceptors (Lipinski definition) is 2. The van der Waals surface area contributed by atoms with Crippen LogP contribution in [0, 0.1) is 5.82 Å². The zero-order chi connectivity index (χ0) is 19.7. The van der Waals surface area contributed by atoms with E-state index in [0.717, 1.165) is 16.5 Å². The molecule has 0 atom stereocenters. The van der Waals surface area contributed by atoms with Crippen molar-refractivity contribution in [1.29, 1.82) is 0 Å². The average Bonchev–Trinajstić information content (AvgIpc) is 2.96. The summed E-state index contributed by atoms with van der Waals surface area (Å²) in [7, 11) is 0. The number of carboxylic acids is 1. The van der Waals surface area contributed by atoms with Crippen molar-refractivity contribution in [3.05, 3.63) is 76.6 Å². The minimum atomic E-state index is -1.06. The molecule has 4 nitrogen and oxygen atoms in total. The molecule has 6 heteroatoms. The van der Waals surface area contributed by atoms with Gasteiger partial charge in [-0.1, -0.05) is 36.4 Å². The van der Waals surface area contributed by atoms with Crippen LogP contribution in [0.25, 0.3) is 21.7 Å². The standard InChI is InChI=1S/C22H17BrFNO3/c23-20-17-13-15(24)9-10-18(17)25(21(20)22(26)27)11-4-12-28-19-8-3-6-14-5-1-2-7-16(14)19/h1-3,5-10,13H,4,11-12H2,(H,26,27). The van der Waals surface area contributed by atoms with Crippen LogP contribution >= 0.6 is 15.9 Å². The highest BCUT2D eigenvalue weighted by Crippen LogP contribution is 2.32. The number of hydrogen-bond donors (Lipinski definition) is 1. The molecule has 28 heavy (non-hydrogen) atoms. The first-order chi connectivity index (χ1) is 13.6. The molecule has 0 unspecified atom stereocenters. The van der Waals surface area contributed by atoms with Gasteiger partial charge in [0.05, 0.1) is 16.6 Å². The number of aromatic carboxylic acids is 1. The van der Waals surface area contributed by atoms with Gasteiger partial charge >= 0.3 is 5.97 Å². The number of carbonyl (C=O) groups is 1. The summed E-state index contributed by atoms with van der Waals surface area (Å²) in [6.45, 7) is 0.881. The van der Waals surface area contributed by atoms with Gasteiger partial charge in [-0.2, -0.15) is 0 Å². The molecule has 0 radical (unpaired) electrons. The van der Waals surface area contributed by atoms with E-state index in [2.05, 4.69) is 15.9 Å². The molecule has 0 fully saturated rings. The Kier molecular flexibility index (Phi) is 5.05. The van der Waals surface area contributed by atoms with Crippen molar-refractivity contribution in [2.45, 2.75) is 13.0 Å². The first kappa shape index (κ1) is 18.5. The first-order valence-corrected chi connectivity index (χ1v) is 9.66. The number of aromatic nitrogens is 1. The number of aryl methyl sites for hydroxylation is 1. The topological polar surface area (TPSA) is 51.5 Å². The Morgan fingerprint density at radius 2 is 1.86 bits per heavy atom. The Labute approximate surface area is 169 Å². The summed E-state index contributed by atoms with van der Waals surface area (Å²) < 4.78 is 21.6. The highest BCUT2D eigenvalue weighted by molar-refractivity contribution is 9.10. The molecule has 0 aliphatic heterocycles. The molecule has 4 rings (SSSR count). The number of halogens is 2. The molecule has 0 aliphatic carbocycles. The van der Waals surface area contributed by atoms with Crippen LogP contribution in [0.4, 0.5) is 4.39 Å². The van der Waals surface area contributed by atoms with E-state index in [4.69, 9.17) is 4.74 Å². The summed E-state index contributed by atoms with van der Waals surface area (Å²) in [6.07, 6.45) is 0.608. The van der Waals surface area contributed by atoms with Crippen LogP contribution in [0.1, 0.15) is 16.9 Å². The number of nitrogens with zero attached hydrogens (tertiary/aromatic N) is 1. The summed E-state index contributed by atoms with van der Waals surface area (Å²) in [5.74, 6) is -0.655. The molecular weight excluding hydrogens is 425 g/mol. The highest BCUT2D eigenvalue weighted by atomic mass is 79.9. The van der Waals surface area contributed by atoms with E-state index in [1.165, 1.54) is 12.1 Å². The fraction of sp³-hybridized carbons (Fsp3) is 0.136. The van der Waals surface area contributed by atoms with Gasteiger partial charge in [0.2, 0.25) is 0 Å². The zero-order valence-corrected chi connectivity index (χ0v) is 16.4. The molecular formula is C22H17BrFNO3. The van der Waals surface area contributed by atoms with Gasteiger partial charge in [-0.25, -0.2) is 9.18 Å². The summed E-state index contributed by atoms with van der Waals surface area (Å²) >= 11 is 3.31. The normalized spacial score (nSPS) is 11.2. The second kappa shape index (κ2) is 7.64. The summed E-state index contributed by atoms with van der Waals surface area (Å²) in [4.78, 5) is 11.7. The van der Waals surface area contributed by atoms with E-state index in [-0.39, 0.29) is 5.69 Å². The number of benzene rings is 3. The summed E-state index contributed by atoms with van der Waals surface area (Å²) in [5.41, 5.74) is 0.793. The van der Waals surface area contributed by atoms with Crippen LogP contribution in [0.5, 0.6) is 5.75 Å². The Bertz CT molecular complexity index is 1180. The van der Waals surface area contributed by atoms with Crippen molar-refractivity contribution < 1.29 is 19.0 Å². The Hall–Kier alpha value is -2.86. The first-order valence-electron chi connectivity index (χ1n) is 8.87. The molecule has 0 bridgehead atoms. The third kappa shape index (κ3) is 3.36. The van der Waals surface area contributed by atoms with Crippen LogP contribution < -0.4 is 4.74 Å². The molecule has 1 heterocycles. The molecule has 0 saturated heterocycles. The van der Waals surface area contributed by atoms with E-state index in [1.807, 2.05) is 42.5 Å². The quantitative estimate of drug-likeness (QED) is 0.381. The number of carboxylic acid groups (broad SMARTS) is 1. The van der Waals surface area contributed by atoms with Crippen LogP contribution in [0.2, 0.25) is 0 Å². The number of ether oxygens (including phenoxy) is 1. The van der Waals surface area contributed by atoms with Crippen molar-refractivity contribution >= 4 is 43.6 Å². The van der Waals surface area contributed by atoms with Crippen molar-refractivity contribution in [3.63, 3.8) is 0 Å². The Morgan fingerprint density at radius 1 is 1.07 bits per heavy atom. The lowest BCUT2D eigenvalue weighted by molar-refractivity contribution is 0.0684. The summed E-state index contributed by atoms with van der Waals surface area (Å²) in [5, 5.41) is 12.3. The van der Waals surface area contributed by atoms with Crippen LogP contribution in [-0.2, 0) is 6.54 Å². The minimum absolute atomic E-state index is 0.116. The lowest BCUT2D eigenvalue weighted by atomic mass is 10.1. The maximum absolute atomic E-state index is 13.6. The average molecular weight is 442 g/mol. The van der Waals surface area contributed by atoms with Gasteiger partial charge in [-0.15, -0.1) is 0 Å². The molecule has 0 saturated carbocycles. The molecule has 4 aromatic rings. The van der Waals surface area contributed by atoms with Crippen molar-refractivity contribution in [2.75, 3.05) is 6.61 Å². The van der Waals surface area contributed by atoms with Gasteiger partial charge in [-0.3, -0.25) is 0 Å². The maximum atomic E-state index is 13.6. The summed E-state index contributed by atoms with van der Waals surface area (Å²) in [6, 6.07) is 18.2. The molecule has 3 aromatic carbocycles. The van der Waals surface area contributed by atoms with Gasteiger partial charge < -0.3 is 14.4 Å². The van der Waals surface area contributed by atoms with E-state index >= 15 is 0 Å². The molecule has 0 aliphatic rings. The molecule has 0 spiro atoms. The van der Waals surface area contributed by atoms with Crippen LogP contribution in [0.3, 0.4) is 0 Å². The monoisotopic (exact) mass is 441 g/mol. The minimum Gasteiger partial charge on any atom is -0.493 e. The predicted octanol–water partition coefficient (Wildman–Crippen LogP) is 5.86. The SMILES string of the molecule is O=C(O)c1c(Br)c2cc(F)ccc2n1CCCOc1cccc2ccccc12. The highest BCUT2D eigenvalue weighted by Gasteiger charge is 2.21. The predicted molar refractivity (Wildman–Crippen MR) is 111 cm³/mol. The number of fused-ring (bicyclic) bond motifs is 2. The van der Waals surface area contributed by atoms with Crippen molar-refractivity contribution in [1.82, 2.24) is 4.57 Å². The van der Waals surface area contributed by atoms with Crippen LogP contribution in [0.15, 0.2) is 65.1 Å². The third-order valence-corrected chi connectivity index (χ3v) is 5.50. The van der Waals surface area contributed by atoms with E-state index in [9.17, 15) is 14.3 Å². The van der Waals surface area contributed by atoms with Crippen molar-refractivity contribution in [3.8, 4) is 5.75 Å². The fourth-order valence-corrected chi connectivity index (χ4v) is 4.16. The van der Waals surface area contributed by atoms with E-state index < -0.39 is 11.8 Å². The van der Waals surface area contributed by atoms with E-state index in [1.54, 1.807) is 10.6 Å². The smallest absolute Gasteiger partial charge is 0.353 e. The van der Waals surface area contributed by atoms with Gasteiger partial charge in [-0.05, 0) is 52.0 Å². The molecule has 1 aromatic heterocycles. The lowest BCUT2D eigenvalue weighted by Gasteiger charge is -2.11. The second-order valence-electron chi connectivity index (χ2n) is 6.46. The molecule has 142 valence electrons. The van der Waals surface area contributed by atoms with Gasteiger partial charge in [0.1, 0.15) is 17.3 Å². The second-order valence-corrected chi connectivity index (χ2v) is 7.25. The Morgan fingerprint density at radius 3 is 2.68 bits per heavy atom.